The van der Waals surface area contributed by atoms with E-state index in [1.165, 1.54) is 17.7 Å². The largest absolute Gasteiger partial charge is 0.316 e. The van der Waals surface area contributed by atoms with E-state index < -0.39 is 6.04 Å². The third-order valence-electron chi connectivity index (χ3n) is 3.79. The molecule has 0 saturated carbocycles. The molecule has 1 atom stereocenters. The fraction of sp³-hybridized carbons (Fsp3) is 0.375. The van der Waals surface area contributed by atoms with Gasteiger partial charge < -0.3 is 11.1 Å². The number of rotatable bonds is 3. The average Bonchev–Trinajstić information content (AvgIpc) is 2.89. The maximum Gasteiger partial charge on any atom is 0.247 e. The van der Waals surface area contributed by atoms with Crippen molar-refractivity contribution < 1.29 is 4.79 Å². The highest BCUT2D eigenvalue weighted by Gasteiger charge is 2.20. The van der Waals surface area contributed by atoms with Crippen LogP contribution in [0.3, 0.4) is 0 Å². The molecule has 4 nitrogen and oxygen atoms in total. The summed E-state index contributed by atoms with van der Waals surface area (Å²) in [5, 5.41) is 3.53. The fourth-order valence-corrected chi connectivity index (χ4v) is 3.57. The molecule has 1 heterocycles. The molecule has 0 radical (unpaired) electrons. The molecule has 1 unspecified atom stereocenters. The van der Waals surface area contributed by atoms with Gasteiger partial charge in [0.05, 0.1) is 5.69 Å². The molecular weight excluding hydrogens is 318 g/mol. The number of hydrogen-bond donors (Lipinski definition) is 2. The minimum absolute atomic E-state index is 0. The Bertz CT molecular complexity index is 630. The lowest BCUT2D eigenvalue weighted by Gasteiger charge is -2.11. The molecule has 3 N–H and O–H groups in total. The molecule has 0 fully saturated rings. The van der Waals surface area contributed by atoms with Crippen LogP contribution in [0.2, 0.25) is 0 Å². The van der Waals surface area contributed by atoms with Crippen LogP contribution in [-0.2, 0) is 17.6 Å². The number of hydrogen-bond acceptors (Lipinski definition) is 4. The highest BCUT2D eigenvalue weighted by Crippen LogP contribution is 2.29. The van der Waals surface area contributed by atoms with Crippen LogP contribution in [0, 0.1) is 6.92 Å². The lowest BCUT2D eigenvalue weighted by Crippen LogP contribution is -2.27. The summed E-state index contributed by atoms with van der Waals surface area (Å²) in [6.45, 7) is 2.01. The number of fused-ring (bicyclic) bond motifs is 1. The van der Waals surface area contributed by atoms with E-state index >= 15 is 0 Å². The molecule has 1 aliphatic rings. The summed E-state index contributed by atoms with van der Waals surface area (Å²) in [6.07, 6.45) is 4.50. The molecule has 0 saturated heterocycles. The second-order valence-corrected chi connectivity index (χ2v) is 6.56. The second kappa shape index (κ2) is 7.22. The molecule has 0 spiro atoms. The number of nitrogens with two attached hydrogens (primary N) is 1. The molecule has 2 aromatic rings. The Morgan fingerprint density at radius 1 is 1.27 bits per heavy atom. The van der Waals surface area contributed by atoms with E-state index in [1.54, 1.807) is 11.3 Å². The molecule has 0 aliphatic heterocycles. The monoisotopic (exact) mass is 337 g/mol. The summed E-state index contributed by atoms with van der Waals surface area (Å²) in [4.78, 5) is 18.1. The quantitative estimate of drug-likeness (QED) is 0.902. The molecular formula is C16H20ClN3OS. The zero-order valence-corrected chi connectivity index (χ0v) is 14.1. The Morgan fingerprint density at radius 3 is 2.64 bits per heavy atom. The van der Waals surface area contributed by atoms with Gasteiger partial charge in [0.1, 0.15) is 6.04 Å². The first-order chi connectivity index (χ1) is 10.1. The standard InChI is InChI=1S/C16H19N3OS.ClH/c1-10-6-8-11(9-7-10)14(17)15(20)19-16-18-12-4-2-3-5-13(12)21-16;/h6-9,14H,2-5,17H2,1H3,(H,18,19,20);1H. The summed E-state index contributed by atoms with van der Waals surface area (Å²) >= 11 is 1.58. The zero-order chi connectivity index (χ0) is 14.8. The molecule has 1 amide bonds. The molecule has 3 rings (SSSR count). The minimum atomic E-state index is -0.661. The number of nitrogens with zero attached hydrogens (tertiary/aromatic N) is 1. The molecule has 6 heteroatoms. The third kappa shape index (κ3) is 3.66. The maximum absolute atomic E-state index is 12.2. The number of aromatic nitrogens is 1. The van der Waals surface area contributed by atoms with Crippen molar-refractivity contribution in [3.8, 4) is 0 Å². The highest BCUT2D eigenvalue weighted by molar-refractivity contribution is 7.15. The van der Waals surface area contributed by atoms with Gasteiger partial charge >= 0.3 is 0 Å². The number of benzene rings is 1. The van der Waals surface area contributed by atoms with Gasteiger partial charge in [0, 0.05) is 4.88 Å². The van der Waals surface area contributed by atoms with Gasteiger partial charge in [-0.2, -0.15) is 0 Å². The van der Waals surface area contributed by atoms with E-state index in [9.17, 15) is 4.79 Å². The topological polar surface area (TPSA) is 68.0 Å². The van der Waals surface area contributed by atoms with Crippen molar-refractivity contribution in [1.29, 1.82) is 0 Å². The third-order valence-corrected chi connectivity index (χ3v) is 4.87. The maximum atomic E-state index is 12.2. The molecule has 1 aromatic heterocycles. The van der Waals surface area contributed by atoms with Crippen LogP contribution in [-0.4, -0.2) is 10.9 Å². The van der Waals surface area contributed by atoms with E-state index in [0.717, 1.165) is 29.7 Å². The second-order valence-electron chi connectivity index (χ2n) is 5.47. The summed E-state index contributed by atoms with van der Waals surface area (Å²) in [5.74, 6) is -0.204. The number of anilines is 1. The Morgan fingerprint density at radius 2 is 1.95 bits per heavy atom. The van der Waals surface area contributed by atoms with Crippen molar-refractivity contribution in [3.05, 3.63) is 46.0 Å². The van der Waals surface area contributed by atoms with Crippen LogP contribution in [0.1, 0.15) is 40.6 Å². The van der Waals surface area contributed by atoms with Crippen molar-refractivity contribution in [1.82, 2.24) is 4.98 Å². The SMILES string of the molecule is Cc1ccc(C(N)C(=O)Nc2nc3c(s2)CCCC3)cc1.Cl. The van der Waals surface area contributed by atoms with Crippen LogP contribution in [0.25, 0.3) is 0 Å². The number of thiazole rings is 1. The number of nitrogens with one attached hydrogen (secondary N) is 1. The van der Waals surface area contributed by atoms with Crippen LogP contribution in [0.4, 0.5) is 5.13 Å². The molecule has 118 valence electrons. The lowest BCUT2D eigenvalue weighted by atomic mass is 10.0. The Hall–Kier alpha value is -1.43. The van der Waals surface area contributed by atoms with Gasteiger partial charge in [0.2, 0.25) is 5.91 Å². The van der Waals surface area contributed by atoms with Gasteiger partial charge in [-0.05, 0) is 38.2 Å². The first-order valence-electron chi connectivity index (χ1n) is 7.25. The average molecular weight is 338 g/mol. The van der Waals surface area contributed by atoms with Crippen molar-refractivity contribution in [2.75, 3.05) is 5.32 Å². The van der Waals surface area contributed by atoms with Crippen molar-refractivity contribution >= 4 is 34.8 Å². The summed E-state index contributed by atoms with van der Waals surface area (Å²) in [5.41, 5.74) is 9.14. The van der Waals surface area contributed by atoms with Gasteiger partial charge in [0.25, 0.3) is 0 Å². The van der Waals surface area contributed by atoms with Crippen molar-refractivity contribution in [2.45, 2.75) is 38.6 Å². The summed E-state index contributed by atoms with van der Waals surface area (Å²) in [6, 6.07) is 7.06. The van der Waals surface area contributed by atoms with Crippen LogP contribution < -0.4 is 11.1 Å². The zero-order valence-electron chi connectivity index (χ0n) is 12.5. The van der Waals surface area contributed by atoms with Gasteiger partial charge in [-0.15, -0.1) is 23.7 Å². The molecule has 1 aliphatic carbocycles. The lowest BCUT2D eigenvalue weighted by molar-refractivity contribution is -0.117. The van der Waals surface area contributed by atoms with Gasteiger partial charge in [-0.1, -0.05) is 29.8 Å². The van der Waals surface area contributed by atoms with E-state index in [4.69, 9.17) is 5.73 Å². The minimum Gasteiger partial charge on any atom is -0.316 e. The number of carbonyl (C=O) groups is 1. The summed E-state index contributed by atoms with van der Waals surface area (Å²) < 4.78 is 0. The number of aryl methyl sites for hydroxylation is 3. The van der Waals surface area contributed by atoms with Gasteiger partial charge in [-0.3, -0.25) is 4.79 Å². The predicted molar refractivity (Wildman–Crippen MR) is 92.7 cm³/mol. The first-order valence-corrected chi connectivity index (χ1v) is 8.07. The Labute approximate surface area is 140 Å². The molecule has 22 heavy (non-hydrogen) atoms. The van der Waals surface area contributed by atoms with Gasteiger partial charge in [0.15, 0.2) is 5.13 Å². The van der Waals surface area contributed by atoms with E-state index in [2.05, 4.69) is 10.3 Å². The Balaban J connectivity index is 0.00000176. The van der Waals surface area contributed by atoms with E-state index in [1.807, 2.05) is 31.2 Å². The smallest absolute Gasteiger partial charge is 0.247 e. The van der Waals surface area contributed by atoms with E-state index in [0.29, 0.717) is 5.13 Å². The molecule has 1 aromatic carbocycles. The number of carbonyl (C=O) groups excluding carboxylic acids is 1. The molecule has 0 bridgehead atoms. The van der Waals surface area contributed by atoms with Crippen LogP contribution >= 0.6 is 23.7 Å². The highest BCUT2D eigenvalue weighted by atomic mass is 35.5. The Kier molecular flexibility index (Phi) is 5.56. The first kappa shape index (κ1) is 16.9. The van der Waals surface area contributed by atoms with Crippen LogP contribution in [0.5, 0.6) is 0 Å². The predicted octanol–water partition coefficient (Wildman–Crippen LogP) is 3.39. The van der Waals surface area contributed by atoms with Crippen molar-refractivity contribution in [3.63, 3.8) is 0 Å². The van der Waals surface area contributed by atoms with Crippen molar-refractivity contribution in [2.24, 2.45) is 5.73 Å². The number of amides is 1. The van der Waals surface area contributed by atoms with Crippen LogP contribution in [0.15, 0.2) is 24.3 Å². The number of halogens is 1. The summed E-state index contributed by atoms with van der Waals surface area (Å²) in [7, 11) is 0. The normalized spacial score (nSPS) is 14.6. The fourth-order valence-electron chi connectivity index (χ4n) is 2.51. The van der Waals surface area contributed by atoms with E-state index in [-0.39, 0.29) is 18.3 Å². The van der Waals surface area contributed by atoms with Gasteiger partial charge in [-0.25, -0.2) is 4.98 Å².